The zero-order chi connectivity index (χ0) is 43.1. The molecular weight excluding hydrogens is 769 g/mol. The number of Topliss-reactive ketones (excluding diaryl/α,β-unsaturated/α-hetero) is 1. The van der Waals surface area contributed by atoms with Crippen LogP contribution in [-0.2, 0) is 33.9 Å². The van der Waals surface area contributed by atoms with Gasteiger partial charge in [0.1, 0.15) is 30.6 Å². The standard InChI is InChI=1S/C47H52N2O11/c1-9-20-56-41-30(3)42-44(59-28-58-42)38-36(27-55-25-31-16-12-10-13-17-31)49(23-37(51)39(38)41)45(52)35(48(7)46(53)60-47(4,5)6)22-33-21-29(2)40(54-8)43(34(33)24-50)57-26-32-18-14-11-15-19-32/h9-19,21,24,35-36H,1,20,22-23,25-28H2,2-8H3/t35?,36-/m0/s1. The molecule has 2 atom stereocenters. The number of benzene rings is 4. The molecule has 0 aromatic heterocycles. The second-order valence-electron chi connectivity index (χ2n) is 15.6. The van der Waals surface area contributed by atoms with E-state index >= 15 is 4.79 Å². The van der Waals surface area contributed by atoms with Gasteiger partial charge >= 0.3 is 6.09 Å². The monoisotopic (exact) mass is 820 g/mol. The fraction of sp³-hybridized carbons (Fsp3) is 0.362. The molecule has 2 aliphatic rings. The highest BCUT2D eigenvalue weighted by Gasteiger charge is 2.46. The lowest BCUT2D eigenvalue weighted by Crippen LogP contribution is -2.55. The Morgan fingerprint density at radius 2 is 1.60 bits per heavy atom. The number of hydrogen-bond donors (Lipinski definition) is 0. The molecule has 2 aliphatic heterocycles. The van der Waals surface area contributed by atoms with Crippen molar-refractivity contribution in [1.29, 1.82) is 0 Å². The summed E-state index contributed by atoms with van der Waals surface area (Å²) in [7, 11) is 2.95. The van der Waals surface area contributed by atoms with Crippen molar-refractivity contribution in [3.8, 4) is 28.7 Å². The van der Waals surface area contributed by atoms with Crippen LogP contribution in [0.25, 0.3) is 0 Å². The normalized spacial score (nSPS) is 14.8. The van der Waals surface area contributed by atoms with Gasteiger partial charge in [-0.2, -0.15) is 0 Å². The van der Waals surface area contributed by atoms with Crippen molar-refractivity contribution in [2.24, 2.45) is 0 Å². The van der Waals surface area contributed by atoms with E-state index in [1.165, 1.54) is 24.0 Å². The van der Waals surface area contributed by atoms with Crippen molar-refractivity contribution < 1.29 is 52.3 Å². The summed E-state index contributed by atoms with van der Waals surface area (Å²) in [5.74, 6) is 0.527. The maximum atomic E-state index is 15.4. The number of methoxy groups -OCH3 is 1. The minimum atomic E-state index is -1.30. The highest BCUT2D eigenvalue weighted by atomic mass is 16.7. The van der Waals surface area contributed by atoms with Gasteiger partial charge in [-0.3, -0.25) is 19.3 Å². The minimum absolute atomic E-state index is 0.0672. The molecule has 0 fully saturated rings. The van der Waals surface area contributed by atoms with Crippen LogP contribution in [0.5, 0.6) is 28.7 Å². The highest BCUT2D eigenvalue weighted by Crippen LogP contribution is 2.52. The van der Waals surface area contributed by atoms with E-state index in [0.29, 0.717) is 51.5 Å². The predicted octanol–water partition coefficient (Wildman–Crippen LogP) is 7.76. The summed E-state index contributed by atoms with van der Waals surface area (Å²) in [5.41, 5.74) is 3.24. The number of amides is 2. The average molecular weight is 821 g/mol. The largest absolute Gasteiger partial charge is 0.493 e. The number of ketones is 1. The second-order valence-corrected chi connectivity index (χ2v) is 15.6. The van der Waals surface area contributed by atoms with Crippen LogP contribution in [0.1, 0.15) is 80.9 Å². The van der Waals surface area contributed by atoms with E-state index in [4.69, 9.17) is 33.2 Å². The van der Waals surface area contributed by atoms with E-state index in [9.17, 15) is 14.4 Å². The van der Waals surface area contributed by atoms with Gasteiger partial charge in [0.05, 0.1) is 44.0 Å². The van der Waals surface area contributed by atoms with Gasteiger partial charge in [-0.25, -0.2) is 4.79 Å². The summed E-state index contributed by atoms with van der Waals surface area (Å²) in [6.45, 7) is 12.4. The first-order chi connectivity index (χ1) is 28.8. The lowest BCUT2D eigenvalue weighted by molar-refractivity contribution is -0.140. The lowest BCUT2D eigenvalue weighted by Gasteiger charge is -2.41. The van der Waals surface area contributed by atoms with Gasteiger partial charge in [0.2, 0.25) is 12.7 Å². The van der Waals surface area contributed by atoms with E-state index in [2.05, 4.69) is 6.58 Å². The van der Waals surface area contributed by atoms with Crippen molar-refractivity contribution in [3.05, 3.63) is 124 Å². The van der Waals surface area contributed by atoms with Crippen LogP contribution in [0.15, 0.2) is 79.4 Å². The summed E-state index contributed by atoms with van der Waals surface area (Å²) < 4.78 is 42.2. The Morgan fingerprint density at radius 3 is 2.22 bits per heavy atom. The van der Waals surface area contributed by atoms with E-state index in [-0.39, 0.29) is 63.1 Å². The third-order valence-corrected chi connectivity index (χ3v) is 10.3. The molecule has 4 aromatic rings. The van der Waals surface area contributed by atoms with Gasteiger partial charge in [-0.1, -0.05) is 79.4 Å². The number of hydrogen-bond acceptors (Lipinski definition) is 11. The molecule has 2 amide bonds. The Hall–Kier alpha value is -6.34. The summed E-state index contributed by atoms with van der Waals surface area (Å²) in [6, 6.07) is 18.5. The quantitative estimate of drug-likeness (QED) is 0.0810. The van der Waals surface area contributed by atoms with Crippen molar-refractivity contribution >= 4 is 24.1 Å². The zero-order valence-corrected chi connectivity index (χ0v) is 35.2. The second kappa shape index (κ2) is 18.7. The first-order valence-corrected chi connectivity index (χ1v) is 19.7. The molecule has 0 aliphatic carbocycles. The van der Waals surface area contributed by atoms with Gasteiger partial charge in [-0.05, 0) is 56.9 Å². The molecule has 4 aromatic carbocycles. The van der Waals surface area contributed by atoms with Crippen molar-refractivity contribution in [2.45, 2.75) is 71.9 Å². The fourth-order valence-corrected chi connectivity index (χ4v) is 7.50. The first kappa shape index (κ1) is 43.2. The Kier molecular flexibility index (Phi) is 13.5. The van der Waals surface area contributed by atoms with Gasteiger partial charge in [0.25, 0.3) is 0 Å². The van der Waals surface area contributed by atoms with Crippen molar-refractivity contribution in [3.63, 3.8) is 0 Å². The summed E-state index contributed by atoms with van der Waals surface area (Å²) >= 11 is 0. The Bertz CT molecular complexity index is 2230. The smallest absolute Gasteiger partial charge is 0.410 e. The number of aryl methyl sites for hydroxylation is 1. The fourth-order valence-electron chi connectivity index (χ4n) is 7.50. The van der Waals surface area contributed by atoms with Crippen LogP contribution < -0.4 is 23.7 Å². The highest BCUT2D eigenvalue weighted by molar-refractivity contribution is 6.07. The minimum Gasteiger partial charge on any atom is -0.493 e. The maximum absolute atomic E-state index is 15.4. The summed E-state index contributed by atoms with van der Waals surface area (Å²) in [6.07, 6.45) is 1.28. The van der Waals surface area contributed by atoms with Crippen molar-refractivity contribution in [2.75, 3.05) is 40.7 Å². The molecule has 0 spiro atoms. The third-order valence-electron chi connectivity index (χ3n) is 10.3. The first-order valence-electron chi connectivity index (χ1n) is 19.7. The number of carbonyl (C=O) groups excluding carboxylic acids is 4. The summed E-state index contributed by atoms with van der Waals surface area (Å²) in [4.78, 5) is 59.5. The molecule has 0 saturated carbocycles. The van der Waals surface area contributed by atoms with Crippen LogP contribution in [0, 0.1) is 13.8 Å². The van der Waals surface area contributed by atoms with Crippen molar-refractivity contribution in [1.82, 2.24) is 9.80 Å². The van der Waals surface area contributed by atoms with Gasteiger partial charge in [-0.15, -0.1) is 0 Å². The SMILES string of the molecule is C=CCOc1c(C)c2c(c3c1C(=O)CN(C(=O)C(Cc1cc(C)c(OC)c(OCc4ccccc4)c1C=O)N(C)C(=O)OC(C)(C)C)[C@H]3COCc1ccccc1)OCO2. The number of likely N-dealkylation sites (N-methyl/N-ethyl adjacent to an activating group) is 1. The Balaban J connectivity index is 1.47. The van der Waals surface area contributed by atoms with Gasteiger partial charge in [0, 0.05) is 24.6 Å². The molecule has 6 rings (SSSR count). The molecule has 0 N–H and O–H groups in total. The molecular formula is C47H52N2O11. The lowest BCUT2D eigenvalue weighted by atomic mass is 9.87. The molecule has 0 radical (unpaired) electrons. The zero-order valence-electron chi connectivity index (χ0n) is 35.2. The molecule has 1 unspecified atom stereocenters. The van der Waals surface area contributed by atoms with Crippen LogP contribution >= 0.6 is 0 Å². The predicted molar refractivity (Wildman–Crippen MR) is 223 cm³/mol. The van der Waals surface area contributed by atoms with E-state index in [1.54, 1.807) is 46.8 Å². The van der Waals surface area contributed by atoms with Gasteiger partial charge in [0.15, 0.2) is 35.1 Å². The number of rotatable bonds is 16. The van der Waals surface area contributed by atoms with E-state index < -0.39 is 35.5 Å². The molecule has 316 valence electrons. The number of aldehydes is 1. The van der Waals surface area contributed by atoms with Crippen LogP contribution in [0.2, 0.25) is 0 Å². The summed E-state index contributed by atoms with van der Waals surface area (Å²) in [5, 5.41) is 0. The Morgan fingerprint density at radius 1 is 0.950 bits per heavy atom. The molecule has 13 heteroatoms. The maximum Gasteiger partial charge on any atom is 0.410 e. The average Bonchev–Trinajstić information content (AvgIpc) is 3.73. The van der Waals surface area contributed by atoms with E-state index in [1.807, 2.05) is 60.7 Å². The number of fused-ring (bicyclic) bond motifs is 3. The molecule has 0 bridgehead atoms. The van der Waals surface area contributed by atoms with Crippen LogP contribution in [0.3, 0.4) is 0 Å². The molecule has 60 heavy (non-hydrogen) atoms. The molecule has 13 nitrogen and oxygen atoms in total. The van der Waals surface area contributed by atoms with Crippen LogP contribution in [-0.4, -0.2) is 86.2 Å². The Labute approximate surface area is 350 Å². The van der Waals surface area contributed by atoms with Gasteiger partial charge < -0.3 is 38.1 Å². The molecule has 2 heterocycles. The van der Waals surface area contributed by atoms with E-state index in [0.717, 1.165) is 11.1 Å². The third kappa shape index (κ3) is 9.26. The van der Waals surface area contributed by atoms with Crippen LogP contribution in [0.4, 0.5) is 4.79 Å². The number of ether oxygens (including phenoxy) is 7. The molecule has 0 saturated heterocycles. The topological polar surface area (TPSA) is 139 Å². The number of nitrogens with zero attached hydrogens (tertiary/aromatic N) is 2. The number of carbonyl (C=O) groups is 4.